The number of nitrogen functional groups attached to an aromatic ring is 2. The first-order valence-electron chi connectivity index (χ1n) is 12.6. The van der Waals surface area contributed by atoms with Crippen molar-refractivity contribution in [3.05, 3.63) is 52.5 Å². The molecule has 2 amide bonds. The molecule has 1 aromatic heterocycles. The molecule has 0 radical (unpaired) electrons. The van der Waals surface area contributed by atoms with E-state index in [4.69, 9.17) is 32.5 Å². The number of esters is 1. The van der Waals surface area contributed by atoms with E-state index in [1.54, 1.807) is 51.1 Å². The minimum absolute atomic E-state index is 0.0733. The summed E-state index contributed by atoms with van der Waals surface area (Å²) in [5.41, 5.74) is 13.5. The number of hydrogen-bond donors (Lipinski definition) is 5. The summed E-state index contributed by atoms with van der Waals surface area (Å²) in [6.07, 6.45) is 0.138. The Labute approximate surface area is 237 Å². The number of aromatic nitrogens is 2. The van der Waals surface area contributed by atoms with E-state index in [0.717, 1.165) is 11.3 Å². The molecule has 3 rings (SSSR count). The molecule has 0 aliphatic heterocycles. The molecule has 0 saturated carbocycles. The van der Waals surface area contributed by atoms with Crippen molar-refractivity contribution in [2.24, 2.45) is 0 Å². The molecule has 0 saturated heterocycles. The molecule has 0 aliphatic carbocycles. The van der Waals surface area contributed by atoms with Crippen LogP contribution in [-0.4, -0.2) is 53.2 Å². The zero-order chi connectivity index (χ0) is 29.4. The van der Waals surface area contributed by atoms with Gasteiger partial charge in [0.15, 0.2) is 0 Å². The maximum Gasteiger partial charge on any atom is 0.407 e. The third kappa shape index (κ3) is 8.34. The molecule has 13 heteroatoms. The maximum absolute atomic E-state index is 12.8. The number of nitrogens with one attached hydrogen (secondary N) is 3. The van der Waals surface area contributed by atoms with E-state index in [0.29, 0.717) is 34.5 Å². The quantitative estimate of drug-likeness (QED) is 0.178. The first-order chi connectivity index (χ1) is 18.9. The van der Waals surface area contributed by atoms with Gasteiger partial charge in [0.05, 0.1) is 23.0 Å². The van der Waals surface area contributed by atoms with Crippen LogP contribution in [-0.2, 0) is 20.8 Å². The summed E-state index contributed by atoms with van der Waals surface area (Å²) in [6.45, 7) is 5.95. The van der Waals surface area contributed by atoms with Crippen molar-refractivity contribution in [2.75, 3.05) is 30.4 Å². The van der Waals surface area contributed by atoms with E-state index in [-0.39, 0.29) is 24.7 Å². The maximum atomic E-state index is 12.8. The van der Waals surface area contributed by atoms with E-state index in [9.17, 15) is 14.4 Å². The lowest BCUT2D eigenvalue weighted by atomic mass is 10.1. The van der Waals surface area contributed by atoms with Crippen LogP contribution in [0.5, 0.6) is 0 Å². The van der Waals surface area contributed by atoms with Gasteiger partial charge >= 0.3 is 12.1 Å². The molecule has 12 nitrogen and oxygen atoms in total. The Morgan fingerprint density at radius 3 is 2.40 bits per heavy atom. The van der Waals surface area contributed by atoms with Crippen molar-refractivity contribution in [1.82, 2.24) is 20.6 Å². The second-order valence-corrected chi connectivity index (χ2v) is 10.3. The Morgan fingerprint density at radius 2 is 1.75 bits per heavy atom. The number of halogens is 1. The van der Waals surface area contributed by atoms with Crippen molar-refractivity contribution >= 4 is 57.9 Å². The normalized spacial score (nSPS) is 11.9. The van der Waals surface area contributed by atoms with Crippen LogP contribution in [0.25, 0.3) is 10.9 Å². The lowest BCUT2D eigenvalue weighted by molar-refractivity contribution is -0.143. The van der Waals surface area contributed by atoms with E-state index >= 15 is 0 Å². The van der Waals surface area contributed by atoms with Crippen LogP contribution in [0, 0.1) is 0 Å². The summed E-state index contributed by atoms with van der Waals surface area (Å²) in [4.78, 5) is 44.9. The first-order valence-corrected chi connectivity index (χ1v) is 13.0. The summed E-state index contributed by atoms with van der Waals surface area (Å²) in [7, 11) is 1.25. The second-order valence-electron chi connectivity index (χ2n) is 9.95. The Balaban J connectivity index is 1.56. The average molecular weight is 572 g/mol. The number of alkyl carbamates (subject to hydrolysis) is 1. The van der Waals surface area contributed by atoms with Gasteiger partial charge in [0.1, 0.15) is 17.5 Å². The van der Waals surface area contributed by atoms with Gasteiger partial charge in [-0.05, 0) is 69.5 Å². The number of carbonyl (C=O) groups is 3. The highest BCUT2D eigenvalue weighted by Crippen LogP contribution is 2.31. The van der Waals surface area contributed by atoms with Crippen molar-refractivity contribution in [3.8, 4) is 0 Å². The topological polar surface area (TPSA) is 184 Å². The number of ether oxygens (including phenoxy) is 2. The minimum Gasteiger partial charge on any atom is -0.467 e. The van der Waals surface area contributed by atoms with Crippen molar-refractivity contribution in [1.29, 1.82) is 0 Å². The van der Waals surface area contributed by atoms with Crippen LogP contribution in [0.3, 0.4) is 0 Å². The van der Waals surface area contributed by atoms with Gasteiger partial charge in [-0.25, -0.2) is 14.6 Å². The van der Waals surface area contributed by atoms with Gasteiger partial charge in [0.25, 0.3) is 5.91 Å². The number of nitrogens with two attached hydrogens (primary N) is 2. The van der Waals surface area contributed by atoms with Crippen LogP contribution in [0.4, 0.5) is 22.2 Å². The SMILES string of the molecule is COC(=O)[C@H](CCCNC(=O)OC(C)(C)C)NC(=O)c1ccc(NCc2ccc3nc(N)nc(N)c3c2Cl)cc1. The summed E-state index contributed by atoms with van der Waals surface area (Å²) >= 11 is 6.55. The fourth-order valence-corrected chi connectivity index (χ4v) is 4.11. The number of nitrogens with zero attached hydrogens (tertiary/aromatic N) is 2. The highest BCUT2D eigenvalue weighted by atomic mass is 35.5. The molecule has 0 aliphatic rings. The van der Waals surface area contributed by atoms with Gasteiger partial charge in [-0.2, -0.15) is 4.98 Å². The Morgan fingerprint density at radius 1 is 1.05 bits per heavy atom. The Bertz CT molecular complexity index is 1380. The van der Waals surface area contributed by atoms with Gasteiger partial charge < -0.3 is 36.9 Å². The van der Waals surface area contributed by atoms with Gasteiger partial charge in [-0.1, -0.05) is 17.7 Å². The van der Waals surface area contributed by atoms with E-state index < -0.39 is 29.6 Å². The molecule has 2 aromatic carbocycles. The Kier molecular flexibility index (Phi) is 9.94. The van der Waals surface area contributed by atoms with Crippen LogP contribution in [0.1, 0.15) is 49.5 Å². The third-order valence-corrected chi connectivity index (χ3v) is 6.12. The molecule has 7 N–H and O–H groups in total. The molecular weight excluding hydrogens is 538 g/mol. The van der Waals surface area contributed by atoms with Crippen LogP contribution in [0.2, 0.25) is 5.02 Å². The van der Waals surface area contributed by atoms with Crippen molar-refractivity contribution in [2.45, 2.75) is 51.8 Å². The predicted octanol–water partition coefficient (Wildman–Crippen LogP) is 3.64. The molecule has 0 spiro atoms. The molecule has 0 fully saturated rings. The average Bonchev–Trinajstić information content (AvgIpc) is 2.88. The second kappa shape index (κ2) is 13.2. The Hall–Kier alpha value is -4.32. The minimum atomic E-state index is -0.877. The lowest BCUT2D eigenvalue weighted by Gasteiger charge is -2.20. The first kappa shape index (κ1) is 30.2. The number of benzene rings is 2. The number of rotatable bonds is 10. The fourth-order valence-electron chi connectivity index (χ4n) is 3.79. The van der Waals surface area contributed by atoms with Gasteiger partial charge in [0.2, 0.25) is 5.95 Å². The number of carbonyl (C=O) groups excluding carboxylic acids is 3. The number of methoxy groups -OCH3 is 1. The highest BCUT2D eigenvalue weighted by Gasteiger charge is 2.22. The predicted molar refractivity (Wildman–Crippen MR) is 154 cm³/mol. The van der Waals surface area contributed by atoms with E-state index in [1.807, 2.05) is 6.07 Å². The van der Waals surface area contributed by atoms with Crippen LogP contribution in [0.15, 0.2) is 36.4 Å². The van der Waals surface area contributed by atoms with Gasteiger partial charge in [-0.15, -0.1) is 0 Å². The van der Waals surface area contributed by atoms with Gasteiger partial charge in [-0.3, -0.25) is 4.79 Å². The molecule has 3 aromatic rings. The van der Waals surface area contributed by atoms with Crippen LogP contribution < -0.4 is 27.4 Å². The summed E-state index contributed by atoms with van der Waals surface area (Å²) in [5, 5.41) is 9.52. The molecule has 0 unspecified atom stereocenters. The van der Waals surface area contributed by atoms with E-state index in [1.165, 1.54) is 7.11 Å². The van der Waals surface area contributed by atoms with Gasteiger partial charge in [0, 0.05) is 24.3 Å². The molecule has 1 heterocycles. The number of anilines is 3. The fraction of sp³-hybridized carbons (Fsp3) is 0.370. The molecule has 40 heavy (non-hydrogen) atoms. The summed E-state index contributed by atoms with van der Waals surface area (Å²) in [5.74, 6) is -0.738. The molecule has 214 valence electrons. The number of hydrogen-bond acceptors (Lipinski definition) is 10. The van der Waals surface area contributed by atoms with E-state index in [2.05, 4.69) is 25.9 Å². The van der Waals surface area contributed by atoms with Crippen LogP contribution >= 0.6 is 11.6 Å². The summed E-state index contributed by atoms with van der Waals surface area (Å²) < 4.78 is 10.0. The zero-order valence-corrected chi connectivity index (χ0v) is 23.6. The highest BCUT2D eigenvalue weighted by molar-refractivity contribution is 6.37. The molecular formula is C27H34ClN7O5. The standard InChI is InChI=1S/C27H34ClN7O5/c1-27(2,3)40-26(38)31-13-5-6-19(24(37)39-4)33-23(36)15-7-10-17(11-8-15)32-14-16-9-12-18-20(21(16)28)22(29)35-25(30)34-18/h7-12,19,32H,5-6,13-14H2,1-4H3,(H,31,38)(H,33,36)(H4,29,30,34,35)/t19-/m0/s1. The van der Waals surface area contributed by atoms with Crippen molar-refractivity contribution < 1.29 is 23.9 Å². The smallest absolute Gasteiger partial charge is 0.407 e. The molecule has 1 atom stereocenters. The monoisotopic (exact) mass is 571 g/mol. The van der Waals surface area contributed by atoms with Crippen molar-refractivity contribution in [3.63, 3.8) is 0 Å². The molecule has 0 bridgehead atoms. The third-order valence-electron chi connectivity index (χ3n) is 5.68. The summed E-state index contributed by atoms with van der Waals surface area (Å²) in [6, 6.07) is 9.45. The lowest BCUT2D eigenvalue weighted by Crippen LogP contribution is -2.42. The largest absolute Gasteiger partial charge is 0.467 e. The number of amides is 2. The zero-order valence-electron chi connectivity index (χ0n) is 22.8. The number of fused-ring (bicyclic) bond motifs is 1.